The normalized spacial score (nSPS) is 16.3. The predicted octanol–water partition coefficient (Wildman–Crippen LogP) is 3.51. The number of hydrogen-bond acceptors (Lipinski definition) is 4. The lowest BCUT2D eigenvalue weighted by atomic mass is 10.0. The molecule has 1 saturated heterocycles. The van der Waals surface area contributed by atoms with Crippen molar-refractivity contribution in [2.75, 3.05) is 36.4 Å². The quantitative estimate of drug-likeness (QED) is 0.735. The van der Waals surface area contributed by atoms with Crippen LogP contribution in [-0.4, -0.2) is 32.1 Å². The summed E-state index contributed by atoms with van der Waals surface area (Å²) in [6.45, 7) is 4.00. The first-order valence-electron chi connectivity index (χ1n) is 9.36. The average Bonchev–Trinajstić information content (AvgIpc) is 3.09. The molecule has 3 heterocycles. The van der Waals surface area contributed by atoms with Crippen LogP contribution in [0.4, 0.5) is 11.4 Å². The largest absolute Gasteiger partial charge is 0.451 e. The zero-order valence-electron chi connectivity index (χ0n) is 15.0. The third-order valence-electron chi connectivity index (χ3n) is 5.27. The Morgan fingerprint density at radius 3 is 2.56 bits per heavy atom. The Bertz CT molecular complexity index is 988. The van der Waals surface area contributed by atoms with Gasteiger partial charge in [-0.25, -0.2) is 0 Å². The highest BCUT2D eigenvalue weighted by Crippen LogP contribution is 2.34. The fourth-order valence-electron chi connectivity index (χ4n) is 3.85. The molecule has 5 heteroatoms. The Kier molecular flexibility index (Phi) is 3.94. The molecule has 0 unspecified atom stereocenters. The van der Waals surface area contributed by atoms with Gasteiger partial charge in [0.1, 0.15) is 5.76 Å². The number of piperazine rings is 1. The highest BCUT2D eigenvalue weighted by molar-refractivity contribution is 6.05. The number of hydrogen-bond donors (Lipinski definition) is 2. The monoisotopic (exact) mass is 359 g/mol. The van der Waals surface area contributed by atoms with Gasteiger partial charge in [-0.05, 0) is 29.8 Å². The summed E-state index contributed by atoms with van der Waals surface area (Å²) in [5.41, 5.74) is 5.11. The lowest BCUT2D eigenvalue weighted by Gasteiger charge is -2.30. The Balaban J connectivity index is 1.51. The summed E-state index contributed by atoms with van der Waals surface area (Å²) in [6, 6.07) is 18.2. The molecular formula is C22H21N3O2. The second kappa shape index (κ2) is 6.59. The van der Waals surface area contributed by atoms with Crippen LogP contribution < -0.4 is 15.5 Å². The van der Waals surface area contributed by atoms with E-state index < -0.39 is 0 Å². The summed E-state index contributed by atoms with van der Waals surface area (Å²) in [5, 5.41) is 6.39. The minimum absolute atomic E-state index is 0.180. The van der Waals surface area contributed by atoms with Crippen LogP contribution in [-0.2, 0) is 6.42 Å². The van der Waals surface area contributed by atoms with Gasteiger partial charge in [0.15, 0.2) is 5.76 Å². The van der Waals surface area contributed by atoms with E-state index in [4.69, 9.17) is 4.42 Å². The van der Waals surface area contributed by atoms with Crippen LogP contribution in [0.5, 0.6) is 0 Å². The molecule has 27 heavy (non-hydrogen) atoms. The zero-order chi connectivity index (χ0) is 18.2. The van der Waals surface area contributed by atoms with E-state index in [0.29, 0.717) is 12.2 Å². The van der Waals surface area contributed by atoms with E-state index in [9.17, 15) is 4.79 Å². The van der Waals surface area contributed by atoms with Gasteiger partial charge < -0.3 is 20.0 Å². The van der Waals surface area contributed by atoms with Crippen molar-refractivity contribution in [3.05, 3.63) is 71.5 Å². The maximum atomic E-state index is 12.7. The number of nitrogens with zero attached hydrogens (tertiary/aromatic N) is 1. The predicted molar refractivity (Wildman–Crippen MR) is 106 cm³/mol. The van der Waals surface area contributed by atoms with Crippen LogP contribution in [0, 0.1) is 0 Å². The van der Waals surface area contributed by atoms with Crippen molar-refractivity contribution >= 4 is 17.3 Å². The zero-order valence-corrected chi connectivity index (χ0v) is 15.0. The van der Waals surface area contributed by atoms with E-state index in [-0.39, 0.29) is 5.91 Å². The second-order valence-corrected chi connectivity index (χ2v) is 7.04. The van der Waals surface area contributed by atoms with Gasteiger partial charge in [-0.2, -0.15) is 0 Å². The molecule has 5 rings (SSSR count). The first-order valence-corrected chi connectivity index (χ1v) is 9.36. The number of rotatable bonds is 2. The molecule has 2 aromatic carbocycles. The smallest absolute Gasteiger partial charge is 0.291 e. The molecule has 0 aliphatic carbocycles. The third-order valence-corrected chi connectivity index (χ3v) is 5.27. The molecule has 0 spiro atoms. The number of benzene rings is 2. The van der Waals surface area contributed by atoms with E-state index in [1.165, 1.54) is 5.69 Å². The summed E-state index contributed by atoms with van der Waals surface area (Å²) in [6.07, 6.45) is 0.680. The molecule has 1 aromatic heterocycles. The maximum Gasteiger partial charge on any atom is 0.291 e. The van der Waals surface area contributed by atoms with E-state index in [1.807, 2.05) is 42.5 Å². The molecule has 2 aliphatic heterocycles. The van der Waals surface area contributed by atoms with Gasteiger partial charge in [-0.3, -0.25) is 4.79 Å². The molecular weight excluding hydrogens is 338 g/mol. The molecule has 2 N–H and O–H groups in total. The van der Waals surface area contributed by atoms with Crippen molar-refractivity contribution in [2.24, 2.45) is 0 Å². The third kappa shape index (κ3) is 3.00. The molecule has 0 saturated carbocycles. The standard InChI is InChI=1S/C22H21N3O2/c26-22-21-17(14-20(27-21)15-4-2-1-3-5-15)12-16-13-18(6-7-19(16)24-22)25-10-8-23-9-11-25/h1-7,13-14,23H,8-12H2,(H,24,26). The summed E-state index contributed by atoms with van der Waals surface area (Å²) < 4.78 is 5.93. The summed E-state index contributed by atoms with van der Waals surface area (Å²) >= 11 is 0. The molecule has 0 bridgehead atoms. The first kappa shape index (κ1) is 16.1. The van der Waals surface area contributed by atoms with Gasteiger partial charge in [0, 0.05) is 55.1 Å². The summed E-state index contributed by atoms with van der Waals surface area (Å²) in [7, 11) is 0. The molecule has 0 radical (unpaired) electrons. The molecule has 0 atom stereocenters. The van der Waals surface area contributed by atoms with Crippen LogP contribution in [0.25, 0.3) is 11.3 Å². The minimum atomic E-state index is -0.180. The fraction of sp³-hybridized carbons (Fsp3) is 0.227. The topological polar surface area (TPSA) is 57.5 Å². The van der Waals surface area contributed by atoms with Crippen LogP contribution in [0.3, 0.4) is 0 Å². The minimum Gasteiger partial charge on any atom is -0.451 e. The van der Waals surface area contributed by atoms with Crippen molar-refractivity contribution in [2.45, 2.75) is 6.42 Å². The Morgan fingerprint density at radius 2 is 1.74 bits per heavy atom. The van der Waals surface area contributed by atoms with E-state index in [1.54, 1.807) is 0 Å². The van der Waals surface area contributed by atoms with Gasteiger partial charge in [-0.1, -0.05) is 30.3 Å². The van der Waals surface area contributed by atoms with Gasteiger partial charge >= 0.3 is 0 Å². The van der Waals surface area contributed by atoms with E-state index in [2.05, 4.69) is 27.7 Å². The SMILES string of the molecule is O=C1Nc2ccc(N3CCNCC3)cc2Cc2cc(-c3ccccc3)oc21. The molecule has 2 aliphatic rings. The summed E-state index contributed by atoms with van der Waals surface area (Å²) in [4.78, 5) is 15.1. The second-order valence-electron chi connectivity index (χ2n) is 7.04. The van der Waals surface area contributed by atoms with Crippen molar-refractivity contribution < 1.29 is 9.21 Å². The van der Waals surface area contributed by atoms with Crippen molar-refractivity contribution in [1.29, 1.82) is 0 Å². The highest BCUT2D eigenvalue weighted by atomic mass is 16.4. The van der Waals surface area contributed by atoms with Gasteiger partial charge in [0.05, 0.1) is 0 Å². The van der Waals surface area contributed by atoms with Crippen molar-refractivity contribution in [3.63, 3.8) is 0 Å². The lowest BCUT2D eigenvalue weighted by Crippen LogP contribution is -2.43. The van der Waals surface area contributed by atoms with Gasteiger partial charge in [0.2, 0.25) is 0 Å². The number of furan rings is 1. The van der Waals surface area contributed by atoms with Crippen molar-refractivity contribution in [3.8, 4) is 11.3 Å². The van der Waals surface area contributed by atoms with E-state index in [0.717, 1.165) is 54.3 Å². The Labute approximate surface area is 158 Å². The fourth-order valence-corrected chi connectivity index (χ4v) is 3.85. The number of nitrogens with one attached hydrogen (secondary N) is 2. The number of carbonyl (C=O) groups excluding carboxylic acids is 1. The average molecular weight is 359 g/mol. The molecule has 136 valence electrons. The molecule has 3 aromatic rings. The molecule has 1 amide bonds. The van der Waals surface area contributed by atoms with Crippen LogP contribution in [0.2, 0.25) is 0 Å². The van der Waals surface area contributed by atoms with E-state index >= 15 is 0 Å². The summed E-state index contributed by atoms with van der Waals surface area (Å²) in [5.74, 6) is 0.965. The number of carbonyl (C=O) groups is 1. The Morgan fingerprint density at radius 1 is 0.926 bits per heavy atom. The Hall–Kier alpha value is -3.05. The number of fused-ring (bicyclic) bond motifs is 2. The number of anilines is 2. The van der Waals surface area contributed by atoms with Crippen LogP contribution in [0.1, 0.15) is 21.7 Å². The molecule has 1 fully saturated rings. The number of amides is 1. The van der Waals surface area contributed by atoms with Crippen LogP contribution in [0.15, 0.2) is 59.0 Å². The molecule has 5 nitrogen and oxygen atoms in total. The van der Waals surface area contributed by atoms with Gasteiger partial charge in [0.25, 0.3) is 5.91 Å². The lowest BCUT2D eigenvalue weighted by molar-refractivity contribution is 0.0997. The highest BCUT2D eigenvalue weighted by Gasteiger charge is 2.25. The maximum absolute atomic E-state index is 12.7. The van der Waals surface area contributed by atoms with Crippen LogP contribution >= 0.6 is 0 Å². The van der Waals surface area contributed by atoms with Crippen molar-refractivity contribution in [1.82, 2.24) is 5.32 Å². The van der Waals surface area contributed by atoms with Gasteiger partial charge in [-0.15, -0.1) is 0 Å². The first-order chi connectivity index (χ1) is 13.3.